The Morgan fingerprint density at radius 2 is 2.04 bits per heavy atom. The fourth-order valence-electron chi connectivity index (χ4n) is 3.64. The molecule has 1 saturated heterocycles. The molecule has 1 unspecified atom stereocenters. The molecule has 2 aromatic rings. The maximum absolute atomic E-state index is 13.1. The predicted octanol–water partition coefficient (Wildman–Crippen LogP) is 4.93. The molecule has 1 aliphatic carbocycles. The zero-order valence-electron chi connectivity index (χ0n) is 13.8. The summed E-state index contributed by atoms with van der Waals surface area (Å²) in [7, 11) is 0. The molecule has 1 atom stereocenters. The van der Waals surface area contributed by atoms with Gasteiger partial charge in [-0.2, -0.15) is 0 Å². The zero-order chi connectivity index (χ0) is 16.3. The van der Waals surface area contributed by atoms with E-state index in [0.29, 0.717) is 11.8 Å². The molecule has 3 nitrogen and oxygen atoms in total. The van der Waals surface area contributed by atoms with Crippen LogP contribution in [0.15, 0.2) is 0 Å². The van der Waals surface area contributed by atoms with Crippen LogP contribution in [-0.2, 0) is 0 Å². The minimum absolute atomic E-state index is 0.201. The van der Waals surface area contributed by atoms with Gasteiger partial charge in [0.05, 0.1) is 15.6 Å². The number of carbonyl (C=O) groups excluding carboxylic acids is 1. The van der Waals surface area contributed by atoms with Gasteiger partial charge < -0.3 is 4.90 Å². The lowest BCUT2D eigenvalue weighted by Gasteiger charge is -2.16. The smallest absolute Gasteiger partial charge is 0.264 e. The molecule has 23 heavy (non-hydrogen) atoms. The molecule has 0 spiro atoms. The van der Waals surface area contributed by atoms with Gasteiger partial charge in [-0.3, -0.25) is 4.79 Å². The van der Waals surface area contributed by atoms with Crippen LogP contribution in [0, 0.1) is 19.8 Å². The first kappa shape index (κ1) is 15.4. The third-order valence-electron chi connectivity index (χ3n) is 5.11. The number of rotatable bonds is 2. The lowest BCUT2D eigenvalue weighted by molar-refractivity contribution is 0.0792. The van der Waals surface area contributed by atoms with Crippen molar-refractivity contribution < 1.29 is 4.79 Å². The molecule has 3 heterocycles. The van der Waals surface area contributed by atoms with Crippen LogP contribution in [0.25, 0.3) is 10.2 Å². The van der Waals surface area contributed by atoms with Gasteiger partial charge in [0.15, 0.2) is 0 Å². The highest BCUT2D eigenvalue weighted by Crippen LogP contribution is 2.49. The van der Waals surface area contributed by atoms with Crippen LogP contribution in [0.1, 0.15) is 58.6 Å². The quantitative estimate of drug-likeness (QED) is 0.771. The Morgan fingerprint density at radius 3 is 2.65 bits per heavy atom. The van der Waals surface area contributed by atoms with E-state index in [2.05, 4.69) is 18.8 Å². The predicted molar refractivity (Wildman–Crippen MR) is 95.8 cm³/mol. The Balaban J connectivity index is 1.88. The Morgan fingerprint density at radius 1 is 1.30 bits per heavy atom. The molecular formula is C18H21ClN2OS. The largest absolute Gasteiger partial charge is 0.338 e. The van der Waals surface area contributed by atoms with Crippen molar-refractivity contribution in [3.05, 3.63) is 26.7 Å². The van der Waals surface area contributed by atoms with Gasteiger partial charge in [-0.25, -0.2) is 4.98 Å². The van der Waals surface area contributed by atoms with Crippen molar-refractivity contribution in [1.82, 2.24) is 9.88 Å². The van der Waals surface area contributed by atoms with E-state index in [0.717, 1.165) is 50.9 Å². The minimum atomic E-state index is 0.201. The summed E-state index contributed by atoms with van der Waals surface area (Å²) in [5.74, 6) is 1.32. The van der Waals surface area contributed by atoms with Crippen molar-refractivity contribution in [2.24, 2.45) is 5.92 Å². The van der Waals surface area contributed by atoms with E-state index in [1.165, 1.54) is 18.4 Å². The minimum Gasteiger partial charge on any atom is -0.338 e. The van der Waals surface area contributed by atoms with E-state index in [-0.39, 0.29) is 5.91 Å². The van der Waals surface area contributed by atoms with E-state index < -0.39 is 0 Å². The standard InChI is InChI=1S/C18H21ClN2OS/c1-9-6-7-21(8-9)18(22)16-14(12-4-5-12)13-10(2)15(19)11(3)20-17(13)23-16/h9,12H,4-8H2,1-3H3. The summed E-state index contributed by atoms with van der Waals surface area (Å²) >= 11 is 8.00. The number of aromatic nitrogens is 1. The van der Waals surface area contributed by atoms with Gasteiger partial charge >= 0.3 is 0 Å². The molecule has 2 aliphatic rings. The van der Waals surface area contributed by atoms with E-state index in [4.69, 9.17) is 11.6 Å². The average Bonchev–Trinajstić information content (AvgIpc) is 3.16. The Bertz CT molecular complexity index is 809. The summed E-state index contributed by atoms with van der Waals surface area (Å²) in [6.07, 6.45) is 3.46. The summed E-state index contributed by atoms with van der Waals surface area (Å²) in [6.45, 7) is 7.97. The Kier molecular flexibility index (Phi) is 3.65. The van der Waals surface area contributed by atoms with Crippen LogP contribution in [-0.4, -0.2) is 28.9 Å². The van der Waals surface area contributed by atoms with Crippen LogP contribution in [0.4, 0.5) is 0 Å². The van der Waals surface area contributed by atoms with Gasteiger partial charge in [-0.1, -0.05) is 18.5 Å². The summed E-state index contributed by atoms with van der Waals surface area (Å²) in [4.78, 5) is 21.6. The van der Waals surface area contributed by atoms with Gasteiger partial charge in [0.25, 0.3) is 5.91 Å². The molecule has 1 saturated carbocycles. The number of carbonyl (C=O) groups is 1. The monoisotopic (exact) mass is 348 g/mol. The Labute approximate surface area is 145 Å². The molecule has 5 heteroatoms. The Hall–Kier alpha value is -1.13. The van der Waals surface area contributed by atoms with Crippen molar-refractivity contribution in [2.75, 3.05) is 13.1 Å². The third-order valence-corrected chi connectivity index (χ3v) is 6.75. The fourth-order valence-corrected chi connectivity index (χ4v) is 5.11. The first-order valence-corrected chi connectivity index (χ1v) is 9.55. The van der Waals surface area contributed by atoms with Crippen LogP contribution >= 0.6 is 22.9 Å². The highest BCUT2D eigenvalue weighted by atomic mass is 35.5. The SMILES string of the molecule is Cc1nc2sc(C(=O)N3CCC(C)C3)c(C3CC3)c2c(C)c1Cl. The zero-order valence-corrected chi connectivity index (χ0v) is 15.4. The first-order chi connectivity index (χ1) is 11.0. The number of likely N-dealkylation sites (tertiary alicyclic amines) is 1. The molecule has 4 rings (SSSR count). The number of amides is 1. The van der Waals surface area contributed by atoms with Gasteiger partial charge in [0, 0.05) is 18.5 Å². The van der Waals surface area contributed by atoms with Crippen LogP contribution in [0.3, 0.4) is 0 Å². The summed E-state index contributed by atoms with van der Waals surface area (Å²) in [5.41, 5.74) is 3.16. The highest BCUT2D eigenvalue weighted by Gasteiger charge is 2.36. The number of thiophene rings is 1. The molecule has 0 aromatic carbocycles. The van der Waals surface area contributed by atoms with Gasteiger partial charge in [0.1, 0.15) is 4.83 Å². The van der Waals surface area contributed by atoms with Crippen LogP contribution < -0.4 is 0 Å². The third kappa shape index (κ3) is 2.47. The maximum atomic E-state index is 13.1. The summed E-state index contributed by atoms with van der Waals surface area (Å²) < 4.78 is 0. The number of fused-ring (bicyclic) bond motifs is 1. The highest BCUT2D eigenvalue weighted by molar-refractivity contribution is 7.20. The number of hydrogen-bond acceptors (Lipinski definition) is 3. The molecule has 2 aromatic heterocycles. The summed E-state index contributed by atoms with van der Waals surface area (Å²) in [5, 5.41) is 1.88. The van der Waals surface area contributed by atoms with Crippen LogP contribution in [0.5, 0.6) is 0 Å². The molecule has 0 N–H and O–H groups in total. The van der Waals surface area contributed by atoms with Crippen molar-refractivity contribution in [1.29, 1.82) is 0 Å². The van der Waals surface area contributed by atoms with Gasteiger partial charge in [-0.15, -0.1) is 11.3 Å². The second kappa shape index (κ2) is 5.45. The van der Waals surface area contributed by atoms with Gasteiger partial charge in [-0.05, 0) is 56.1 Å². The fraction of sp³-hybridized carbons (Fsp3) is 0.556. The number of aryl methyl sites for hydroxylation is 2. The number of nitrogens with zero attached hydrogens (tertiary/aromatic N) is 2. The van der Waals surface area contributed by atoms with E-state index in [1.54, 1.807) is 11.3 Å². The second-order valence-electron chi connectivity index (χ2n) is 7.08. The lowest BCUT2D eigenvalue weighted by atomic mass is 10.0. The number of pyridine rings is 1. The topological polar surface area (TPSA) is 33.2 Å². The van der Waals surface area contributed by atoms with E-state index in [1.807, 2.05) is 11.8 Å². The van der Waals surface area contributed by atoms with Crippen molar-refractivity contribution >= 4 is 39.1 Å². The van der Waals surface area contributed by atoms with Crippen molar-refractivity contribution in [3.8, 4) is 0 Å². The maximum Gasteiger partial charge on any atom is 0.264 e. The molecule has 1 aliphatic heterocycles. The van der Waals surface area contributed by atoms with Crippen molar-refractivity contribution in [3.63, 3.8) is 0 Å². The van der Waals surface area contributed by atoms with E-state index >= 15 is 0 Å². The normalized spacial score (nSPS) is 21.4. The van der Waals surface area contributed by atoms with E-state index in [9.17, 15) is 4.79 Å². The number of hydrogen-bond donors (Lipinski definition) is 0. The first-order valence-electron chi connectivity index (χ1n) is 8.35. The number of halogens is 1. The van der Waals surface area contributed by atoms with Crippen LogP contribution in [0.2, 0.25) is 5.02 Å². The molecule has 1 amide bonds. The van der Waals surface area contributed by atoms with Gasteiger partial charge in [0.2, 0.25) is 0 Å². The molecule has 122 valence electrons. The molecular weight excluding hydrogens is 328 g/mol. The second-order valence-corrected chi connectivity index (χ2v) is 8.46. The van der Waals surface area contributed by atoms with Crippen molar-refractivity contribution in [2.45, 2.75) is 46.0 Å². The molecule has 0 radical (unpaired) electrons. The molecule has 0 bridgehead atoms. The molecule has 2 fully saturated rings. The average molecular weight is 349 g/mol. The summed E-state index contributed by atoms with van der Waals surface area (Å²) in [6, 6.07) is 0. The lowest BCUT2D eigenvalue weighted by Crippen LogP contribution is -2.28.